The molecule has 16 heavy (non-hydrogen) atoms. The highest BCUT2D eigenvalue weighted by Gasteiger charge is 2.06. The van der Waals surface area contributed by atoms with Gasteiger partial charge in [-0.05, 0) is 18.2 Å². The van der Waals surface area contributed by atoms with E-state index in [0.29, 0.717) is 10.6 Å². The second-order valence-electron chi connectivity index (χ2n) is 3.09. The van der Waals surface area contributed by atoms with Gasteiger partial charge in [-0.3, -0.25) is 9.59 Å². The lowest BCUT2D eigenvalue weighted by Gasteiger charge is -2.04. The van der Waals surface area contributed by atoms with Crippen molar-refractivity contribution in [2.75, 3.05) is 13.7 Å². The molecule has 0 heterocycles. The van der Waals surface area contributed by atoms with Gasteiger partial charge < -0.3 is 10.1 Å². The Kier molecular flexibility index (Phi) is 4.79. The maximum absolute atomic E-state index is 11.5. The number of hydrogen-bond acceptors (Lipinski definition) is 3. The fraction of sp³-hybridized carbons (Fsp3) is 0.273. The van der Waals surface area contributed by atoms with Gasteiger partial charge >= 0.3 is 5.97 Å². The number of ether oxygens (including phenoxy) is 1. The zero-order chi connectivity index (χ0) is 12.0. The van der Waals surface area contributed by atoms with Crippen LogP contribution in [0.25, 0.3) is 0 Å². The molecule has 0 aliphatic carbocycles. The predicted molar refractivity (Wildman–Crippen MR) is 60.4 cm³/mol. The Morgan fingerprint density at radius 1 is 1.44 bits per heavy atom. The quantitative estimate of drug-likeness (QED) is 0.816. The summed E-state index contributed by atoms with van der Waals surface area (Å²) in [4.78, 5) is 22.3. The minimum absolute atomic E-state index is 0.156. The lowest BCUT2D eigenvalue weighted by atomic mass is 10.2. The summed E-state index contributed by atoms with van der Waals surface area (Å²) in [5, 5.41) is 3.09. The van der Waals surface area contributed by atoms with Crippen LogP contribution >= 0.6 is 11.6 Å². The zero-order valence-electron chi connectivity index (χ0n) is 8.83. The van der Waals surface area contributed by atoms with Gasteiger partial charge in [0.1, 0.15) is 0 Å². The van der Waals surface area contributed by atoms with E-state index in [9.17, 15) is 9.59 Å². The second kappa shape index (κ2) is 6.12. The number of rotatable bonds is 4. The second-order valence-corrected chi connectivity index (χ2v) is 3.53. The summed E-state index contributed by atoms with van der Waals surface area (Å²) < 4.78 is 4.45. The largest absolute Gasteiger partial charge is 0.469 e. The van der Waals surface area contributed by atoms with E-state index < -0.39 is 0 Å². The van der Waals surface area contributed by atoms with Crippen LogP contribution in [0.15, 0.2) is 24.3 Å². The molecule has 1 aromatic carbocycles. The monoisotopic (exact) mass is 241 g/mol. The molecule has 0 radical (unpaired) electrons. The molecule has 4 nitrogen and oxygen atoms in total. The minimum atomic E-state index is -0.355. The van der Waals surface area contributed by atoms with Crippen molar-refractivity contribution in [3.8, 4) is 0 Å². The number of halogens is 1. The van der Waals surface area contributed by atoms with Crippen molar-refractivity contribution in [2.24, 2.45) is 0 Å². The number of methoxy groups -OCH3 is 1. The Hall–Kier alpha value is -1.55. The van der Waals surface area contributed by atoms with Gasteiger partial charge in [0.2, 0.25) is 0 Å². The topological polar surface area (TPSA) is 55.4 Å². The molecule has 86 valence electrons. The van der Waals surface area contributed by atoms with E-state index in [2.05, 4.69) is 10.1 Å². The summed E-state index contributed by atoms with van der Waals surface area (Å²) in [6, 6.07) is 6.60. The number of hydrogen-bond donors (Lipinski definition) is 1. The Bertz CT molecular complexity index is 393. The number of carbonyl (C=O) groups excluding carboxylic acids is 2. The Morgan fingerprint density at radius 2 is 2.19 bits per heavy atom. The first kappa shape index (κ1) is 12.5. The maximum atomic E-state index is 11.5. The minimum Gasteiger partial charge on any atom is -0.469 e. The highest BCUT2D eigenvalue weighted by Crippen LogP contribution is 2.10. The van der Waals surface area contributed by atoms with Crippen LogP contribution in [0.4, 0.5) is 0 Å². The van der Waals surface area contributed by atoms with E-state index in [4.69, 9.17) is 11.6 Å². The molecule has 0 saturated heterocycles. The van der Waals surface area contributed by atoms with Crippen LogP contribution in [0.1, 0.15) is 16.8 Å². The van der Waals surface area contributed by atoms with Crippen molar-refractivity contribution in [3.63, 3.8) is 0 Å². The van der Waals surface area contributed by atoms with Gasteiger partial charge in [0, 0.05) is 17.1 Å². The van der Waals surface area contributed by atoms with Crippen LogP contribution < -0.4 is 5.32 Å². The van der Waals surface area contributed by atoms with Gasteiger partial charge in [-0.15, -0.1) is 0 Å². The molecular formula is C11H12ClNO3. The molecule has 1 rings (SSSR count). The third kappa shape index (κ3) is 3.90. The Morgan fingerprint density at radius 3 is 2.81 bits per heavy atom. The summed E-state index contributed by atoms with van der Waals surface area (Å²) >= 11 is 5.74. The average molecular weight is 242 g/mol. The molecule has 1 N–H and O–H groups in total. The molecule has 0 aliphatic heterocycles. The first-order valence-corrected chi connectivity index (χ1v) is 5.12. The fourth-order valence-corrected chi connectivity index (χ4v) is 1.30. The fourth-order valence-electron chi connectivity index (χ4n) is 1.11. The van der Waals surface area contributed by atoms with Gasteiger partial charge in [-0.25, -0.2) is 0 Å². The van der Waals surface area contributed by atoms with Crippen LogP contribution in [0.5, 0.6) is 0 Å². The normalized spacial score (nSPS) is 9.62. The van der Waals surface area contributed by atoms with Gasteiger partial charge in [0.05, 0.1) is 13.5 Å². The van der Waals surface area contributed by atoms with Gasteiger partial charge in [-0.1, -0.05) is 17.7 Å². The van der Waals surface area contributed by atoms with Crippen LogP contribution in [0.2, 0.25) is 5.02 Å². The molecule has 0 aromatic heterocycles. The van der Waals surface area contributed by atoms with Crippen LogP contribution in [-0.4, -0.2) is 25.5 Å². The number of esters is 1. The van der Waals surface area contributed by atoms with Crippen molar-refractivity contribution in [1.82, 2.24) is 5.32 Å². The predicted octanol–water partition coefficient (Wildman–Crippen LogP) is 1.63. The number of benzene rings is 1. The van der Waals surface area contributed by atoms with Crippen LogP contribution in [-0.2, 0) is 9.53 Å². The van der Waals surface area contributed by atoms with E-state index in [1.54, 1.807) is 24.3 Å². The van der Waals surface area contributed by atoms with Crippen molar-refractivity contribution in [1.29, 1.82) is 0 Å². The van der Waals surface area contributed by atoms with E-state index >= 15 is 0 Å². The lowest BCUT2D eigenvalue weighted by molar-refractivity contribution is -0.140. The standard InChI is InChI=1S/C11H12ClNO3/c1-16-10(14)5-6-13-11(15)8-3-2-4-9(12)7-8/h2-4,7H,5-6H2,1H3,(H,13,15). The average Bonchev–Trinajstić information content (AvgIpc) is 2.28. The third-order valence-corrected chi connectivity index (χ3v) is 2.16. The molecule has 0 bridgehead atoms. The molecule has 0 saturated carbocycles. The van der Waals surface area contributed by atoms with Crippen molar-refractivity contribution < 1.29 is 14.3 Å². The molecule has 0 unspecified atom stereocenters. The number of nitrogens with one attached hydrogen (secondary N) is 1. The summed E-state index contributed by atoms with van der Waals surface area (Å²) in [6.07, 6.45) is 0.156. The molecule has 1 aromatic rings. The molecular weight excluding hydrogens is 230 g/mol. The van der Waals surface area contributed by atoms with Crippen molar-refractivity contribution >= 4 is 23.5 Å². The summed E-state index contributed by atoms with van der Waals surface area (Å²) in [5.74, 6) is -0.613. The Balaban J connectivity index is 2.44. The molecule has 0 spiro atoms. The van der Waals surface area contributed by atoms with Gasteiger partial charge in [0.15, 0.2) is 0 Å². The van der Waals surface area contributed by atoms with E-state index in [0.717, 1.165) is 0 Å². The van der Waals surface area contributed by atoms with Crippen molar-refractivity contribution in [3.05, 3.63) is 34.9 Å². The highest BCUT2D eigenvalue weighted by atomic mass is 35.5. The Labute approximate surface area is 98.5 Å². The van der Waals surface area contributed by atoms with Gasteiger partial charge in [0.25, 0.3) is 5.91 Å². The lowest BCUT2D eigenvalue weighted by Crippen LogP contribution is -2.26. The highest BCUT2D eigenvalue weighted by molar-refractivity contribution is 6.30. The van der Waals surface area contributed by atoms with Crippen LogP contribution in [0, 0.1) is 0 Å². The summed E-state index contributed by atoms with van der Waals surface area (Å²) in [5.41, 5.74) is 0.470. The van der Waals surface area contributed by atoms with Crippen LogP contribution in [0.3, 0.4) is 0 Å². The van der Waals surface area contributed by atoms with E-state index in [-0.39, 0.29) is 24.8 Å². The van der Waals surface area contributed by atoms with E-state index in [1.807, 2.05) is 0 Å². The van der Waals surface area contributed by atoms with E-state index in [1.165, 1.54) is 7.11 Å². The molecule has 0 aliphatic rings. The number of amides is 1. The molecule has 5 heteroatoms. The van der Waals surface area contributed by atoms with Gasteiger partial charge in [-0.2, -0.15) is 0 Å². The molecule has 0 atom stereocenters. The maximum Gasteiger partial charge on any atom is 0.307 e. The third-order valence-electron chi connectivity index (χ3n) is 1.93. The smallest absolute Gasteiger partial charge is 0.307 e. The summed E-state index contributed by atoms with van der Waals surface area (Å²) in [6.45, 7) is 0.248. The van der Waals surface area contributed by atoms with Crippen molar-refractivity contribution in [2.45, 2.75) is 6.42 Å². The molecule has 1 amide bonds. The SMILES string of the molecule is COC(=O)CCNC(=O)c1cccc(Cl)c1. The zero-order valence-corrected chi connectivity index (χ0v) is 9.58. The first-order valence-electron chi connectivity index (χ1n) is 4.74. The number of carbonyl (C=O) groups is 2. The summed E-state index contributed by atoms with van der Waals surface area (Å²) in [7, 11) is 1.31. The molecule has 0 fully saturated rings. The first-order chi connectivity index (χ1) is 7.63.